The lowest BCUT2D eigenvalue weighted by Gasteiger charge is -2.09. The highest BCUT2D eigenvalue weighted by atomic mass is 16.2. The molecule has 2 heterocycles. The fourth-order valence-electron chi connectivity index (χ4n) is 2.57. The first kappa shape index (κ1) is 13.4. The summed E-state index contributed by atoms with van der Waals surface area (Å²) in [4.78, 5) is 12.3. The van der Waals surface area contributed by atoms with Crippen LogP contribution in [0.2, 0.25) is 0 Å². The van der Waals surface area contributed by atoms with Crippen LogP contribution in [0.3, 0.4) is 0 Å². The van der Waals surface area contributed by atoms with Crippen LogP contribution in [0.1, 0.15) is 18.2 Å². The van der Waals surface area contributed by atoms with Crippen molar-refractivity contribution in [3.63, 3.8) is 0 Å². The topological polar surface area (TPSA) is 62.7 Å². The Hall–Kier alpha value is -2.56. The third kappa shape index (κ3) is 2.54. The molecule has 2 aromatic heterocycles. The number of para-hydroxylation sites is 1. The van der Waals surface area contributed by atoms with Gasteiger partial charge in [-0.05, 0) is 30.9 Å². The number of amides is 1. The van der Waals surface area contributed by atoms with Crippen molar-refractivity contribution in [3.05, 3.63) is 47.8 Å². The fraction of sp³-hybridized carbons (Fsp3) is 0.250. The highest BCUT2D eigenvalue weighted by Crippen LogP contribution is 2.19. The van der Waals surface area contributed by atoms with E-state index in [0.29, 0.717) is 12.4 Å². The second-order valence-electron chi connectivity index (χ2n) is 5.10. The fourth-order valence-corrected chi connectivity index (χ4v) is 2.57. The summed E-state index contributed by atoms with van der Waals surface area (Å²) in [6.07, 6.45) is 2.57. The van der Waals surface area contributed by atoms with Crippen molar-refractivity contribution in [3.8, 4) is 0 Å². The second-order valence-corrected chi connectivity index (χ2v) is 5.10. The van der Waals surface area contributed by atoms with Crippen molar-refractivity contribution in [2.45, 2.75) is 26.8 Å². The molecule has 3 aromatic rings. The molecule has 1 aromatic carbocycles. The Kier molecular flexibility index (Phi) is 3.48. The van der Waals surface area contributed by atoms with E-state index in [9.17, 15) is 4.79 Å². The van der Waals surface area contributed by atoms with E-state index >= 15 is 0 Å². The van der Waals surface area contributed by atoms with Gasteiger partial charge >= 0.3 is 0 Å². The van der Waals surface area contributed by atoms with Crippen LogP contribution in [0.25, 0.3) is 10.9 Å². The second kappa shape index (κ2) is 5.44. The lowest BCUT2D eigenvalue weighted by Crippen LogP contribution is -2.20. The Bertz CT molecular complexity index is 785. The zero-order valence-corrected chi connectivity index (χ0v) is 12.2. The predicted octanol–water partition coefficient (Wildman–Crippen LogP) is 2.87. The molecule has 21 heavy (non-hydrogen) atoms. The molecule has 0 aliphatic carbocycles. The van der Waals surface area contributed by atoms with Gasteiger partial charge in [0.2, 0.25) is 5.91 Å². The van der Waals surface area contributed by atoms with E-state index in [1.165, 1.54) is 0 Å². The molecule has 0 spiro atoms. The maximum atomic E-state index is 12.3. The minimum atomic E-state index is -0.0570. The summed E-state index contributed by atoms with van der Waals surface area (Å²) >= 11 is 0. The Morgan fingerprint density at radius 2 is 2.19 bits per heavy atom. The van der Waals surface area contributed by atoms with Gasteiger partial charge in [0.25, 0.3) is 0 Å². The molecule has 1 amide bonds. The first-order chi connectivity index (χ1) is 10.2. The third-order valence-electron chi connectivity index (χ3n) is 3.68. The molecule has 0 saturated carbocycles. The van der Waals surface area contributed by atoms with Crippen LogP contribution in [-0.2, 0) is 17.8 Å². The number of carbonyl (C=O) groups excluding carboxylic acids is 1. The van der Waals surface area contributed by atoms with E-state index in [1.54, 1.807) is 6.20 Å². The lowest BCUT2D eigenvalue weighted by atomic mass is 10.2. The summed E-state index contributed by atoms with van der Waals surface area (Å²) in [6.45, 7) is 4.34. The Balaban J connectivity index is 1.82. The van der Waals surface area contributed by atoms with Gasteiger partial charge in [-0.3, -0.25) is 9.89 Å². The third-order valence-corrected chi connectivity index (χ3v) is 3.68. The predicted molar refractivity (Wildman–Crippen MR) is 83.3 cm³/mol. The maximum Gasteiger partial charge on any atom is 0.245 e. The highest BCUT2D eigenvalue weighted by molar-refractivity contribution is 5.92. The number of hydrogen-bond acceptors (Lipinski definition) is 2. The van der Waals surface area contributed by atoms with Crippen LogP contribution in [-0.4, -0.2) is 20.7 Å². The average Bonchev–Trinajstić information content (AvgIpc) is 3.04. The van der Waals surface area contributed by atoms with Crippen LogP contribution in [0, 0.1) is 6.92 Å². The molecular weight excluding hydrogens is 264 g/mol. The van der Waals surface area contributed by atoms with Crippen LogP contribution >= 0.6 is 0 Å². The Morgan fingerprint density at radius 3 is 3.00 bits per heavy atom. The van der Waals surface area contributed by atoms with Crippen molar-refractivity contribution in [1.29, 1.82) is 0 Å². The quantitative estimate of drug-likeness (QED) is 0.773. The van der Waals surface area contributed by atoms with Crippen molar-refractivity contribution in [2.24, 2.45) is 0 Å². The number of hydrogen-bond donors (Lipinski definition) is 2. The molecule has 0 fully saturated rings. The van der Waals surface area contributed by atoms with E-state index < -0.39 is 0 Å². The SMILES string of the molecule is CCc1cn[nH]c1NC(=O)Cn1c(C)cc2ccccc21. The monoisotopic (exact) mass is 282 g/mol. The number of aryl methyl sites for hydroxylation is 2. The molecule has 0 atom stereocenters. The van der Waals surface area contributed by atoms with Crippen molar-refractivity contribution < 1.29 is 4.79 Å². The summed E-state index contributed by atoms with van der Waals surface area (Å²) in [5, 5.41) is 10.8. The Morgan fingerprint density at radius 1 is 1.38 bits per heavy atom. The molecule has 2 N–H and O–H groups in total. The van der Waals surface area contributed by atoms with Crippen LogP contribution in [0.4, 0.5) is 5.82 Å². The first-order valence-electron chi connectivity index (χ1n) is 7.06. The molecule has 108 valence electrons. The van der Waals surface area contributed by atoms with Crippen molar-refractivity contribution in [2.75, 3.05) is 5.32 Å². The summed E-state index contributed by atoms with van der Waals surface area (Å²) < 4.78 is 2.02. The van der Waals surface area contributed by atoms with Crippen LogP contribution in [0.5, 0.6) is 0 Å². The van der Waals surface area contributed by atoms with Gasteiger partial charge < -0.3 is 9.88 Å². The van der Waals surface area contributed by atoms with Crippen molar-refractivity contribution in [1.82, 2.24) is 14.8 Å². The molecule has 3 rings (SSSR count). The minimum Gasteiger partial charge on any atom is -0.335 e. The van der Waals surface area contributed by atoms with Crippen molar-refractivity contribution >= 4 is 22.6 Å². The van der Waals surface area contributed by atoms with Gasteiger partial charge in [0.1, 0.15) is 12.4 Å². The number of aromatic nitrogens is 3. The van der Waals surface area contributed by atoms with E-state index in [0.717, 1.165) is 28.6 Å². The largest absolute Gasteiger partial charge is 0.335 e. The van der Waals surface area contributed by atoms with Gasteiger partial charge in [-0.25, -0.2) is 0 Å². The average molecular weight is 282 g/mol. The number of nitrogens with zero attached hydrogens (tertiary/aromatic N) is 2. The molecule has 0 aliphatic heterocycles. The van der Waals surface area contributed by atoms with Crippen LogP contribution in [0.15, 0.2) is 36.5 Å². The number of fused-ring (bicyclic) bond motifs is 1. The molecule has 0 radical (unpaired) electrons. The van der Waals surface area contributed by atoms with Gasteiger partial charge in [0.15, 0.2) is 0 Å². The molecule has 0 saturated heterocycles. The number of benzene rings is 1. The summed E-state index contributed by atoms with van der Waals surface area (Å²) in [5.41, 5.74) is 3.16. The lowest BCUT2D eigenvalue weighted by molar-refractivity contribution is -0.116. The minimum absolute atomic E-state index is 0.0570. The smallest absolute Gasteiger partial charge is 0.245 e. The van der Waals surface area contributed by atoms with Crippen LogP contribution < -0.4 is 5.32 Å². The maximum absolute atomic E-state index is 12.3. The zero-order valence-electron chi connectivity index (χ0n) is 12.2. The van der Waals surface area contributed by atoms with Gasteiger partial charge in [0.05, 0.1) is 6.20 Å². The summed E-state index contributed by atoms with van der Waals surface area (Å²) in [6, 6.07) is 10.2. The summed E-state index contributed by atoms with van der Waals surface area (Å²) in [7, 11) is 0. The van der Waals surface area contributed by atoms with Gasteiger partial charge in [-0.15, -0.1) is 0 Å². The number of H-pyrrole nitrogens is 1. The van der Waals surface area contributed by atoms with E-state index in [4.69, 9.17) is 0 Å². The van der Waals surface area contributed by atoms with Gasteiger partial charge in [-0.2, -0.15) is 5.10 Å². The molecule has 0 bridgehead atoms. The number of aromatic amines is 1. The van der Waals surface area contributed by atoms with E-state index in [1.807, 2.05) is 36.6 Å². The highest BCUT2D eigenvalue weighted by Gasteiger charge is 2.11. The standard InChI is InChI=1S/C16H18N4O/c1-3-12-9-17-19-16(12)18-15(21)10-20-11(2)8-13-6-4-5-7-14(13)20/h4-9H,3,10H2,1-2H3,(H2,17,18,19,21). The molecule has 0 unspecified atom stereocenters. The number of anilines is 1. The molecular formula is C16H18N4O. The molecule has 5 heteroatoms. The number of nitrogens with one attached hydrogen (secondary N) is 2. The van der Waals surface area contributed by atoms with Gasteiger partial charge in [0, 0.05) is 16.8 Å². The normalized spacial score (nSPS) is 11.0. The molecule has 0 aliphatic rings. The van der Waals surface area contributed by atoms with E-state index in [-0.39, 0.29) is 5.91 Å². The molecule has 5 nitrogen and oxygen atoms in total. The summed E-state index contributed by atoms with van der Waals surface area (Å²) in [5.74, 6) is 0.634. The number of rotatable bonds is 4. The number of carbonyl (C=O) groups is 1. The van der Waals surface area contributed by atoms with E-state index in [2.05, 4.69) is 27.6 Å². The first-order valence-corrected chi connectivity index (χ1v) is 7.06. The zero-order chi connectivity index (χ0) is 14.8. The Labute approximate surface area is 123 Å². The van der Waals surface area contributed by atoms with Gasteiger partial charge in [-0.1, -0.05) is 25.1 Å².